The topological polar surface area (TPSA) is 27.1 Å². The number of rotatable bonds is 1. The lowest BCUT2D eigenvalue weighted by atomic mass is 10.6. The molecule has 0 amide bonds. The second-order valence-electron chi connectivity index (χ2n) is 1.11. The zero-order valence-electron chi connectivity index (χ0n) is 4.03. The van der Waals surface area contributed by atoms with Crippen LogP contribution in [0.1, 0.15) is 0 Å². The van der Waals surface area contributed by atoms with Crippen molar-refractivity contribution in [2.45, 2.75) is 0 Å². The molecule has 0 radical (unpaired) electrons. The number of hydrogen-bond acceptors (Lipinski definition) is 2. The first-order valence-electron chi connectivity index (χ1n) is 1.96. The molecule has 0 atom stereocenters. The molecule has 3 nitrogen and oxygen atoms in total. The van der Waals surface area contributed by atoms with Crippen LogP contribution in [0, 0.1) is 0 Å². The predicted molar refractivity (Wildman–Crippen MR) is 27.4 cm³/mol. The molecule has 0 saturated heterocycles. The second-order valence-corrected chi connectivity index (χ2v) is 1.11. The van der Waals surface area contributed by atoms with Gasteiger partial charge in [-0.25, -0.2) is 9.71 Å². The summed E-state index contributed by atoms with van der Waals surface area (Å²) >= 11 is 0. The maximum absolute atomic E-state index is 4.71. The van der Waals surface area contributed by atoms with Crippen molar-refractivity contribution in [2.75, 3.05) is 0 Å². The summed E-state index contributed by atoms with van der Waals surface area (Å²) in [4.78, 5) is 3.73. The molecule has 0 saturated carbocycles. The fourth-order valence-electron chi connectivity index (χ4n) is 0.355. The van der Waals surface area contributed by atoms with Crippen molar-refractivity contribution in [3.05, 3.63) is 18.7 Å². The first-order chi connectivity index (χ1) is 3.43. The molecule has 4 heteroatoms. The van der Waals surface area contributed by atoms with Crippen LogP contribution >= 0.6 is 0 Å². The highest BCUT2D eigenvalue weighted by atomic mass is 16.6. The number of nitrogens with zero attached hydrogens (tertiary/aromatic N) is 2. The lowest BCUT2D eigenvalue weighted by Crippen LogP contribution is -2.02. The molecular formula is C3H5BN2O. The van der Waals surface area contributed by atoms with Gasteiger partial charge in [0, 0.05) is 6.20 Å². The van der Waals surface area contributed by atoms with Crippen molar-refractivity contribution in [3.63, 3.8) is 0 Å². The van der Waals surface area contributed by atoms with E-state index in [0.29, 0.717) is 0 Å². The van der Waals surface area contributed by atoms with E-state index >= 15 is 0 Å². The molecule has 36 valence electrons. The Morgan fingerprint density at radius 1 is 1.71 bits per heavy atom. The van der Waals surface area contributed by atoms with E-state index in [4.69, 9.17) is 4.76 Å². The molecule has 1 heterocycles. The van der Waals surface area contributed by atoms with Crippen LogP contribution < -0.4 is 4.76 Å². The average Bonchev–Trinajstić information content (AvgIpc) is 2.14. The summed E-state index contributed by atoms with van der Waals surface area (Å²) in [5, 5.41) is 0. The van der Waals surface area contributed by atoms with Gasteiger partial charge < -0.3 is 4.76 Å². The zero-order valence-corrected chi connectivity index (χ0v) is 4.03. The largest absolute Gasteiger partial charge is 0.493 e. The van der Waals surface area contributed by atoms with Crippen molar-refractivity contribution in [2.24, 2.45) is 0 Å². The molecule has 1 rings (SSSR count). The van der Waals surface area contributed by atoms with Crippen molar-refractivity contribution >= 4 is 8.05 Å². The molecule has 0 spiro atoms. The molecule has 0 aliphatic heterocycles. The number of hydrogen-bond donors (Lipinski definition) is 0. The fourth-order valence-corrected chi connectivity index (χ4v) is 0.355. The third kappa shape index (κ3) is 0.736. The SMILES string of the molecule is BOn1ccnc1. The van der Waals surface area contributed by atoms with Crippen molar-refractivity contribution in [3.8, 4) is 0 Å². The minimum absolute atomic E-state index is 1.51. The summed E-state index contributed by atoms with van der Waals surface area (Å²) in [6.45, 7) is 0. The van der Waals surface area contributed by atoms with Gasteiger partial charge in [0.15, 0.2) is 0 Å². The zero-order chi connectivity index (χ0) is 5.11. The van der Waals surface area contributed by atoms with Gasteiger partial charge in [-0.2, -0.15) is 0 Å². The highest BCUT2D eigenvalue weighted by molar-refractivity contribution is 5.98. The van der Waals surface area contributed by atoms with Crippen LogP contribution in [-0.4, -0.2) is 17.8 Å². The molecular weight excluding hydrogens is 90.9 g/mol. The van der Waals surface area contributed by atoms with E-state index in [1.165, 1.54) is 4.73 Å². The molecule has 0 aromatic carbocycles. The van der Waals surface area contributed by atoms with Gasteiger partial charge in [0.2, 0.25) is 0 Å². The summed E-state index contributed by atoms with van der Waals surface area (Å²) in [7, 11) is 1.58. The maximum Gasteiger partial charge on any atom is 0.358 e. The van der Waals surface area contributed by atoms with Crippen LogP contribution in [-0.2, 0) is 0 Å². The summed E-state index contributed by atoms with van der Waals surface area (Å²) in [5.41, 5.74) is 0. The Kier molecular flexibility index (Phi) is 1.02. The van der Waals surface area contributed by atoms with E-state index in [-0.39, 0.29) is 0 Å². The summed E-state index contributed by atoms with van der Waals surface area (Å²) < 4.78 is 6.22. The van der Waals surface area contributed by atoms with Crippen molar-refractivity contribution < 1.29 is 4.76 Å². The van der Waals surface area contributed by atoms with Gasteiger partial charge in [-0.15, -0.1) is 0 Å². The van der Waals surface area contributed by atoms with E-state index in [9.17, 15) is 0 Å². The molecule has 7 heavy (non-hydrogen) atoms. The predicted octanol–water partition coefficient (Wildman–Crippen LogP) is -1.14. The molecule has 0 aliphatic rings. The lowest BCUT2D eigenvalue weighted by molar-refractivity contribution is 0.301. The fraction of sp³-hybridized carbons (Fsp3) is 0. The average molecular weight is 95.9 g/mol. The Morgan fingerprint density at radius 2 is 2.57 bits per heavy atom. The maximum atomic E-state index is 4.71. The first-order valence-corrected chi connectivity index (χ1v) is 1.96. The summed E-state index contributed by atoms with van der Waals surface area (Å²) in [5.74, 6) is 0. The van der Waals surface area contributed by atoms with Crippen LogP contribution in [0.4, 0.5) is 0 Å². The highest BCUT2D eigenvalue weighted by Gasteiger charge is 1.76. The Morgan fingerprint density at radius 3 is 2.86 bits per heavy atom. The van der Waals surface area contributed by atoms with E-state index in [0.717, 1.165) is 0 Å². The Hall–Kier alpha value is -0.925. The van der Waals surface area contributed by atoms with Gasteiger partial charge in [0.05, 0.1) is 6.20 Å². The van der Waals surface area contributed by atoms with Gasteiger partial charge in [-0.1, -0.05) is 0 Å². The van der Waals surface area contributed by atoms with E-state index in [1.807, 2.05) is 0 Å². The third-order valence-electron chi connectivity index (χ3n) is 0.691. The highest BCUT2D eigenvalue weighted by Crippen LogP contribution is 1.74. The molecule has 0 N–H and O–H groups in total. The monoisotopic (exact) mass is 96.0 g/mol. The standard InChI is InChI=1S/C3H5BN2O/c4-7-6-2-1-5-3-6/h1-3H,4H2. The first kappa shape index (κ1) is 4.24. The van der Waals surface area contributed by atoms with Gasteiger partial charge in [0.1, 0.15) is 6.33 Å². The quantitative estimate of drug-likeness (QED) is 0.413. The minimum Gasteiger partial charge on any atom is -0.493 e. The Labute approximate surface area is 42.3 Å². The Bertz CT molecular complexity index is 127. The lowest BCUT2D eigenvalue weighted by Gasteiger charge is -1.94. The molecule has 0 aliphatic carbocycles. The summed E-state index contributed by atoms with van der Waals surface area (Å²) in [6.07, 6.45) is 4.96. The Balaban J connectivity index is 2.76. The van der Waals surface area contributed by atoms with Crippen LogP contribution in [0.2, 0.25) is 0 Å². The van der Waals surface area contributed by atoms with Crippen LogP contribution in [0.25, 0.3) is 0 Å². The van der Waals surface area contributed by atoms with Gasteiger partial charge >= 0.3 is 8.05 Å². The van der Waals surface area contributed by atoms with Crippen molar-refractivity contribution in [1.82, 2.24) is 9.71 Å². The van der Waals surface area contributed by atoms with E-state index in [1.54, 1.807) is 26.8 Å². The van der Waals surface area contributed by atoms with Crippen LogP contribution in [0.15, 0.2) is 18.7 Å². The van der Waals surface area contributed by atoms with Gasteiger partial charge in [-0.3, -0.25) is 0 Å². The van der Waals surface area contributed by atoms with Gasteiger partial charge in [0.25, 0.3) is 0 Å². The normalized spacial score (nSPS) is 8.57. The molecule has 0 fully saturated rings. The van der Waals surface area contributed by atoms with Gasteiger partial charge in [-0.05, 0) is 0 Å². The minimum atomic E-state index is 1.51. The van der Waals surface area contributed by atoms with Crippen molar-refractivity contribution in [1.29, 1.82) is 0 Å². The third-order valence-corrected chi connectivity index (χ3v) is 0.691. The van der Waals surface area contributed by atoms with Crippen LogP contribution in [0.5, 0.6) is 0 Å². The molecule has 1 aromatic rings. The molecule has 0 bridgehead atoms. The van der Waals surface area contributed by atoms with E-state index in [2.05, 4.69) is 4.98 Å². The van der Waals surface area contributed by atoms with E-state index < -0.39 is 0 Å². The molecule has 1 aromatic heterocycles. The number of imidazole rings is 1. The smallest absolute Gasteiger partial charge is 0.358 e. The number of aromatic nitrogens is 2. The second kappa shape index (κ2) is 1.68. The summed E-state index contributed by atoms with van der Waals surface area (Å²) in [6, 6.07) is 0. The van der Waals surface area contributed by atoms with Crippen LogP contribution in [0.3, 0.4) is 0 Å². The molecule has 0 unspecified atom stereocenters.